The monoisotopic (exact) mass is 359 g/mol. The van der Waals surface area contributed by atoms with Crippen molar-refractivity contribution < 1.29 is 19.1 Å². The molecule has 0 aliphatic heterocycles. The van der Waals surface area contributed by atoms with Crippen LogP contribution in [0.15, 0.2) is 4.34 Å². The third kappa shape index (κ3) is 6.51. The van der Waals surface area contributed by atoms with E-state index in [1.807, 2.05) is 41.5 Å². The number of carbonyl (C=O) groups excluding carboxylic acids is 2. The first-order valence-corrected chi connectivity index (χ1v) is 9.12. The smallest absolute Gasteiger partial charge is 0.322 e. The van der Waals surface area contributed by atoms with Crippen molar-refractivity contribution in [3.63, 3.8) is 0 Å². The molecular formula is C16H25NO4S2. The standard InChI is InChI=1S/C16H25NO4S2/c1-8-20-12(18)9-11-10(2)22-14(17-11)23-16(6,7)13(19)21-15(3,4)5/h8-9H2,1-7H3. The van der Waals surface area contributed by atoms with Crippen LogP contribution in [0.2, 0.25) is 0 Å². The Morgan fingerprint density at radius 1 is 1.22 bits per heavy atom. The van der Waals surface area contributed by atoms with Gasteiger partial charge in [-0.2, -0.15) is 0 Å². The van der Waals surface area contributed by atoms with Gasteiger partial charge in [-0.15, -0.1) is 11.3 Å². The van der Waals surface area contributed by atoms with Gasteiger partial charge >= 0.3 is 11.9 Å². The summed E-state index contributed by atoms with van der Waals surface area (Å²) in [5, 5.41) is 0. The van der Waals surface area contributed by atoms with Crippen molar-refractivity contribution in [2.45, 2.75) is 69.6 Å². The topological polar surface area (TPSA) is 65.5 Å². The van der Waals surface area contributed by atoms with Crippen molar-refractivity contribution in [3.8, 4) is 0 Å². The Morgan fingerprint density at radius 2 is 1.83 bits per heavy atom. The van der Waals surface area contributed by atoms with E-state index in [-0.39, 0.29) is 18.4 Å². The summed E-state index contributed by atoms with van der Waals surface area (Å²) in [5.41, 5.74) is 0.180. The van der Waals surface area contributed by atoms with Crippen LogP contribution >= 0.6 is 23.1 Å². The lowest BCUT2D eigenvalue weighted by molar-refractivity contribution is -0.156. The van der Waals surface area contributed by atoms with Crippen LogP contribution in [0, 0.1) is 6.92 Å². The number of rotatable bonds is 6. The molecule has 0 saturated heterocycles. The molecule has 1 heterocycles. The first kappa shape index (κ1) is 20.0. The lowest BCUT2D eigenvalue weighted by Gasteiger charge is -2.27. The normalized spacial score (nSPS) is 12.1. The number of aryl methyl sites for hydroxylation is 1. The number of thioether (sulfide) groups is 1. The van der Waals surface area contributed by atoms with E-state index in [1.54, 1.807) is 6.92 Å². The average molecular weight is 360 g/mol. The van der Waals surface area contributed by atoms with Gasteiger partial charge in [0.1, 0.15) is 10.3 Å². The maximum atomic E-state index is 12.3. The van der Waals surface area contributed by atoms with Gasteiger partial charge in [-0.1, -0.05) is 11.8 Å². The number of carbonyl (C=O) groups is 2. The van der Waals surface area contributed by atoms with Gasteiger partial charge in [-0.05, 0) is 48.5 Å². The second-order valence-electron chi connectivity index (χ2n) is 6.58. The predicted molar refractivity (Wildman–Crippen MR) is 93.0 cm³/mol. The molecular weight excluding hydrogens is 334 g/mol. The zero-order valence-electron chi connectivity index (χ0n) is 14.8. The van der Waals surface area contributed by atoms with E-state index in [0.29, 0.717) is 12.3 Å². The second kappa shape index (κ2) is 7.66. The first-order valence-electron chi connectivity index (χ1n) is 7.49. The van der Waals surface area contributed by atoms with E-state index >= 15 is 0 Å². The summed E-state index contributed by atoms with van der Waals surface area (Å²) in [6.07, 6.45) is 0.156. The van der Waals surface area contributed by atoms with Crippen LogP contribution < -0.4 is 0 Å². The van der Waals surface area contributed by atoms with Gasteiger partial charge in [0.15, 0.2) is 4.34 Å². The molecule has 0 unspecified atom stereocenters. The van der Waals surface area contributed by atoms with Crippen LogP contribution in [0.4, 0.5) is 0 Å². The molecule has 0 N–H and O–H groups in total. The van der Waals surface area contributed by atoms with Crippen LogP contribution in [0.1, 0.15) is 52.1 Å². The number of hydrogen-bond donors (Lipinski definition) is 0. The zero-order chi connectivity index (χ0) is 17.8. The van der Waals surface area contributed by atoms with Crippen molar-refractivity contribution in [2.24, 2.45) is 0 Å². The molecule has 0 fully saturated rings. The van der Waals surface area contributed by atoms with Crippen LogP contribution in [0.5, 0.6) is 0 Å². The molecule has 0 aromatic carbocycles. The highest BCUT2D eigenvalue weighted by Gasteiger charge is 2.35. The number of ether oxygens (including phenoxy) is 2. The number of nitrogens with zero attached hydrogens (tertiary/aromatic N) is 1. The van der Waals surface area contributed by atoms with E-state index in [1.165, 1.54) is 23.1 Å². The molecule has 0 aliphatic rings. The summed E-state index contributed by atoms with van der Waals surface area (Å²) in [6.45, 7) is 13.2. The quantitative estimate of drug-likeness (QED) is 0.569. The summed E-state index contributed by atoms with van der Waals surface area (Å²) in [7, 11) is 0. The lowest BCUT2D eigenvalue weighted by Crippen LogP contribution is -2.36. The van der Waals surface area contributed by atoms with Gasteiger partial charge in [0.2, 0.25) is 0 Å². The zero-order valence-corrected chi connectivity index (χ0v) is 16.4. The Labute approximate surface area is 146 Å². The minimum absolute atomic E-state index is 0.156. The minimum atomic E-state index is -0.751. The van der Waals surface area contributed by atoms with Crippen LogP contribution in [-0.2, 0) is 25.5 Å². The Balaban J connectivity index is 2.80. The summed E-state index contributed by atoms with van der Waals surface area (Å²) in [6, 6.07) is 0. The molecule has 0 aliphatic carbocycles. The van der Waals surface area contributed by atoms with Gasteiger partial charge in [0.25, 0.3) is 0 Å². The van der Waals surface area contributed by atoms with Crippen LogP contribution in [0.3, 0.4) is 0 Å². The van der Waals surface area contributed by atoms with Crippen molar-refractivity contribution in [3.05, 3.63) is 10.6 Å². The first-order chi connectivity index (χ1) is 10.4. The highest BCUT2D eigenvalue weighted by atomic mass is 32.2. The molecule has 7 heteroatoms. The third-order valence-corrected chi connectivity index (χ3v) is 4.97. The number of hydrogen-bond acceptors (Lipinski definition) is 7. The van der Waals surface area contributed by atoms with Crippen LogP contribution in [-0.4, -0.2) is 33.9 Å². The lowest BCUT2D eigenvalue weighted by atomic mass is 10.1. The molecule has 0 spiro atoms. The number of thiazole rings is 1. The molecule has 1 aromatic heterocycles. The Hall–Kier alpha value is -1.08. The number of aromatic nitrogens is 1. The van der Waals surface area contributed by atoms with Crippen molar-refractivity contribution in [1.82, 2.24) is 4.98 Å². The molecule has 0 amide bonds. The van der Waals surface area contributed by atoms with Crippen molar-refractivity contribution in [2.75, 3.05) is 6.61 Å². The van der Waals surface area contributed by atoms with E-state index in [4.69, 9.17) is 9.47 Å². The van der Waals surface area contributed by atoms with E-state index in [9.17, 15) is 9.59 Å². The van der Waals surface area contributed by atoms with Crippen molar-refractivity contribution >= 4 is 35.0 Å². The Morgan fingerprint density at radius 3 is 2.35 bits per heavy atom. The molecule has 0 atom stereocenters. The predicted octanol–water partition coefficient (Wildman–Crippen LogP) is 3.77. The molecule has 1 rings (SSSR count). The van der Waals surface area contributed by atoms with Gasteiger partial charge in [0.05, 0.1) is 18.7 Å². The SMILES string of the molecule is CCOC(=O)Cc1nc(SC(C)(C)C(=O)OC(C)(C)C)sc1C. The summed E-state index contributed by atoms with van der Waals surface area (Å²) in [5.74, 6) is -0.571. The Bertz CT molecular complexity index is 573. The van der Waals surface area contributed by atoms with Gasteiger partial charge in [0, 0.05) is 4.88 Å². The highest BCUT2D eigenvalue weighted by molar-refractivity contribution is 8.03. The van der Waals surface area contributed by atoms with Crippen molar-refractivity contribution in [1.29, 1.82) is 0 Å². The maximum absolute atomic E-state index is 12.3. The summed E-state index contributed by atoms with van der Waals surface area (Å²) < 4.78 is 10.4. The molecule has 0 bridgehead atoms. The molecule has 5 nitrogen and oxygen atoms in total. The summed E-state index contributed by atoms with van der Waals surface area (Å²) >= 11 is 2.82. The molecule has 0 saturated carbocycles. The fraction of sp³-hybridized carbons (Fsp3) is 0.688. The molecule has 23 heavy (non-hydrogen) atoms. The summed E-state index contributed by atoms with van der Waals surface area (Å²) in [4.78, 5) is 29.3. The van der Waals surface area contributed by atoms with Gasteiger partial charge in [-0.25, -0.2) is 4.98 Å². The minimum Gasteiger partial charge on any atom is -0.466 e. The molecule has 0 radical (unpaired) electrons. The van der Waals surface area contributed by atoms with E-state index in [0.717, 1.165) is 9.22 Å². The highest BCUT2D eigenvalue weighted by Crippen LogP contribution is 2.37. The third-order valence-electron chi connectivity index (χ3n) is 2.72. The van der Waals surface area contributed by atoms with E-state index in [2.05, 4.69) is 4.98 Å². The number of esters is 2. The average Bonchev–Trinajstić information content (AvgIpc) is 2.66. The fourth-order valence-electron chi connectivity index (χ4n) is 1.62. The second-order valence-corrected chi connectivity index (χ2v) is 9.65. The molecule has 1 aromatic rings. The van der Waals surface area contributed by atoms with Gasteiger partial charge in [-0.3, -0.25) is 9.59 Å². The van der Waals surface area contributed by atoms with Gasteiger partial charge < -0.3 is 9.47 Å². The van der Waals surface area contributed by atoms with Crippen LogP contribution in [0.25, 0.3) is 0 Å². The molecule has 130 valence electrons. The largest absolute Gasteiger partial charge is 0.466 e. The Kier molecular flexibility index (Phi) is 6.65. The fourth-order valence-corrected chi connectivity index (χ4v) is 4.16. The maximum Gasteiger partial charge on any atom is 0.322 e. The van der Waals surface area contributed by atoms with E-state index < -0.39 is 10.3 Å².